The molecule has 202 valence electrons. The van der Waals surface area contributed by atoms with Crippen LogP contribution in [0.1, 0.15) is 34.7 Å². The first kappa shape index (κ1) is 26.8. The first-order chi connectivity index (χ1) is 19.5. The molecule has 0 bridgehead atoms. The predicted molar refractivity (Wildman–Crippen MR) is 158 cm³/mol. The van der Waals surface area contributed by atoms with Gasteiger partial charge in [-0.2, -0.15) is 0 Å². The number of nitrogens with zero attached hydrogens (tertiary/aromatic N) is 1. The van der Waals surface area contributed by atoms with Gasteiger partial charge in [0.05, 0.1) is 13.2 Å². The molecule has 1 aliphatic heterocycles. The van der Waals surface area contributed by atoms with Crippen LogP contribution in [-0.4, -0.2) is 23.4 Å². The van der Waals surface area contributed by atoms with E-state index in [0.717, 1.165) is 38.6 Å². The van der Waals surface area contributed by atoms with Crippen molar-refractivity contribution < 1.29 is 19.1 Å². The van der Waals surface area contributed by atoms with Gasteiger partial charge in [0, 0.05) is 5.56 Å². The zero-order valence-corrected chi connectivity index (χ0v) is 22.8. The normalized spacial score (nSPS) is 14.1. The second kappa shape index (κ2) is 11.9. The second-order valence-electron chi connectivity index (χ2n) is 9.73. The molecule has 0 radical (unpaired) electrons. The Bertz CT molecular complexity index is 1600. The lowest BCUT2D eigenvalue weighted by Gasteiger charge is -2.17. The van der Waals surface area contributed by atoms with Crippen LogP contribution in [0.2, 0.25) is 0 Å². The molecule has 0 aliphatic carbocycles. The summed E-state index contributed by atoms with van der Waals surface area (Å²) in [4.78, 5) is 27.0. The van der Waals surface area contributed by atoms with Crippen LogP contribution >= 0.6 is 0 Å². The van der Waals surface area contributed by atoms with Gasteiger partial charge in [-0.05, 0) is 65.9 Å². The third-order valence-corrected chi connectivity index (χ3v) is 6.80. The average molecular weight is 533 g/mol. The van der Waals surface area contributed by atoms with Crippen molar-refractivity contribution in [3.63, 3.8) is 0 Å². The fourth-order valence-corrected chi connectivity index (χ4v) is 4.83. The number of aryl methyl sites for hydroxylation is 1. The zero-order valence-electron chi connectivity index (χ0n) is 22.8. The molecule has 5 rings (SSSR count). The molecule has 40 heavy (non-hydrogen) atoms. The Kier molecular flexibility index (Phi) is 7.97. The minimum absolute atomic E-state index is 0.204. The fraction of sp³-hybridized carbons (Fsp3) is 0.176. The molecule has 1 N–H and O–H groups in total. The Labute approximate surface area is 234 Å². The number of carbonyl (C=O) groups excluding carboxylic acids is 2. The molecular weight excluding hydrogens is 500 g/mol. The van der Waals surface area contributed by atoms with Gasteiger partial charge in [-0.25, -0.2) is 4.79 Å². The predicted octanol–water partition coefficient (Wildman–Crippen LogP) is 6.95. The number of nitrogens with one attached hydrogen (secondary N) is 1. The highest BCUT2D eigenvalue weighted by molar-refractivity contribution is 6.13. The maximum Gasteiger partial charge on any atom is 0.329 e. The Morgan fingerprint density at radius 2 is 1.70 bits per heavy atom. The number of allylic oxidation sites excluding steroid dienone is 1. The molecule has 4 aromatic carbocycles. The summed E-state index contributed by atoms with van der Waals surface area (Å²) in [5, 5.41) is 5.01. The molecule has 0 unspecified atom stereocenters. The molecule has 0 saturated carbocycles. The van der Waals surface area contributed by atoms with E-state index in [1.807, 2.05) is 68.4 Å². The van der Waals surface area contributed by atoms with Gasteiger partial charge in [0.15, 0.2) is 11.5 Å². The van der Waals surface area contributed by atoms with Crippen molar-refractivity contribution in [2.75, 3.05) is 6.61 Å². The van der Waals surface area contributed by atoms with Crippen LogP contribution in [0, 0.1) is 6.92 Å². The van der Waals surface area contributed by atoms with Crippen LogP contribution in [-0.2, 0) is 24.4 Å². The number of urea groups is 1. The molecular formula is C34H32N2O4. The van der Waals surface area contributed by atoms with Gasteiger partial charge in [-0.3, -0.25) is 9.69 Å². The first-order valence-corrected chi connectivity index (χ1v) is 13.4. The average Bonchev–Trinajstić information content (AvgIpc) is 3.21. The van der Waals surface area contributed by atoms with Gasteiger partial charge in [0.1, 0.15) is 12.3 Å². The highest BCUT2D eigenvalue weighted by atomic mass is 16.5. The summed E-state index contributed by atoms with van der Waals surface area (Å²) >= 11 is 0. The third-order valence-electron chi connectivity index (χ3n) is 6.80. The third kappa shape index (κ3) is 5.76. The van der Waals surface area contributed by atoms with Crippen LogP contribution < -0.4 is 14.8 Å². The van der Waals surface area contributed by atoms with E-state index in [9.17, 15) is 9.59 Å². The Morgan fingerprint density at radius 1 is 0.925 bits per heavy atom. The van der Waals surface area contributed by atoms with Crippen molar-refractivity contribution in [2.24, 2.45) is 0 Å². The van der Waals surface area contributed by atoms with Crippen molar-refractivity contribution in [3.8, 4) is 11.5 Å². The molecule has 1 aliphatic rings. The van der Waals surface area contributed by atoms with Crippen molar-refractivity contribution >= 4 is 28.8 Å². The molecule has 1 heterocycles. The van der Waals surface area contributed by atoms with Gasteiger partial charge in [0.2, 0.25) is 0 Å². The number of hydrogen-bond donors (Lipinski definition) is 1. The molecule has 1 fully saturated rings. The van der Waals surface area contributed by atoms with Crippen molar-refractivity contribution in [3.05, 3.63) is 125 Å². The van der Waals surface area contributed by atoms with E-state index in [0.29, 0.717) is 31.1 Å². The fourth-order valence-electron chi connectivity index (χ4n) is 4.83. The number of ether oxygens (including phenoxy) is 2. The van der Waals surface area contributed by atoms with Crippen molar-refractivity contribution in [1.82, 2.24) is 10.2 Å². The van der Waals surface area contributed by atoms with Gasteiger partial charge >= 0.3 is 6.03 Å². The van der Waals surface area contributed by atoms with E-state index in [2.05, 4.69) is 36.2 Å². The van der Waals surface area contributed by atoms with Gasteiger partial charge in [-0.1, -0.05) is 78.4 Å². The number of benzene rings is 4. The summed E-state index contributed by atoms with van der Waals surface area (Å²) in [6.07, 6.45) is 4.03. The number of imide groups is 1. The molecule has 4 aromatic rings. The molecule has 6 nitrogen and oxygen atoms in total. The molecule has 6 heteroatoms. The number of carbonyl (C=O) groups is 2. The van der Waals surface area contributed by atoms with E-state index in [1.54, 1.807) is 12.2 Å². The van der Waals surface area contributed by atoms with Gasteiger partial charge < -0.3 is 14.8 Å². The van der Waals surface area contributed by atoms with E-state index >= 15 is 0 Å². The highest BCUT2D eigenvalue weighted by Gasteiger charge is 2.33. The standard InChI is InChI=1S/C34H32N2O4/c1-4-9-27-18-25(19-30-33(37)36(34(38)35-30)21-24-16-14-23(3)15-17-24)20-31(39-5-2)32(27)40-22-28-12-8-11-26-10-6-7-13-29(26)28/h4,6-8,10-20H,1,5,9,21-22H2,2-3H3,(H,35,38)/b30-19+. The monoisotopic (exact) mass is 532 g/mol. The largest absolute Gasteiger partial charge is 0.490 e. The molecule has 0 spiro atoms. The van der Waals surface area contributed by atoms with Crippen LogP contribution in [0.3, 0.4) is 0 Å². The topological polar surface area (TPSA) is 67.9 Å². The van der Waals surface area contributed by atoms with Crippen molar-refractivity contribution in [2.45, 2.75) is 33.4 Å². The van der Waals surface area contributed by atoms with Gasteiger partial charge in [-0.15, -0.1) is 6.58 Å². The summed E-state index contributed by atoms with van der Waals surface area (Å²) in [5.41, 5.74) is 4.89. The maximum absolute atomic E-state index is 13.1. The summed E-state index contributed by atoms with van der Waals surface area (Å²) < 4.78 is 12.4. The van der Waals surface area contributed by atoms with E-state index < -0.39 is 6.03 Å². The highest BCUT2D eigenvalue weighted by Crippen LogP contribution is 2.36. The second-order valence-corrected chi connectivity index (χ2v) is 9.73. The summed E-state index contributed by atoms with van der Waals surface area (Å²) in [6.45, 7) is 8.84. The van der Waals surface area contributed by atoms with Gasteiger partial charge in [0.25, 0.3) is 5.91 Å². The lowest BCUT2D eigenvalue weighted by atomic mass is 10.0. The van der Waals surface area contributed by atoms with E-state index in [4.69, 9.17) is 9.47 Å². The lowest BCUT2D eigenvalue weighted by molar-refractivity contribution is -0.123. The summed E-state index contributed by atoms with van der Waals surface area (Å²) in [7, 11) is 0. The summed E-state index contributed by atoms with van der Waals surface area (Å²) in [5.74, 6) is 0.840. The number of fused-ring (bicyclic) bond motifs is 1. The molecule has 1 saturated heterocycles. The lowest BCUT2D eigenvalue weighted by Crippen LogP contribution is -2.30. The first-order valence-electron chi connectivity index (χ1n) is 13.4. The van der Waals surface area contributed by atoms with E-state index in [1.165, 1.54) is 4.90 Å². The minimum Gasteiger partial charge on any atom is -0.490 e. The zero-order chi connectivity index (χ0) is 28.1. The van der Waals surface area contributed by atoms with Crippen molar-refractivity contribution in [1.29, 1.82) is 0 Å². The van der Waals surface area contributed by atoms with Crippen LogP contribution in [0.4, 0.5) is 4.79 Å². The maximum atomic E-state index is 13.1. The minimum atomic E-state index is -0.441. The smallest absolute Gasteiger partial charge is 0.329 e. The van der Waals surface area contributed by atoms with Crippen LogP contribution in [0.15, 0.2) is 97.2 Å². The number of rotatable bonds is 10. The molecule has 0 atom stereocenters. The SMILES string of the molecule is C=CCc1cc(/C=C2/NC(=O)N(Cc3ccc(C)cc3)C2=O)cc(OCC)c1OCc1cccc2ccccc12. The van der Waals surface area contributed by atoms with E-state index in [-0.39, 0.29) is 18.1 Å². The molecule has 0 aromatic heterocycles. The number of amides is 3. The number of hydrogen-bond acceptors (Lipinski definition) is 4. The van der Waals surface area contributed by atoms with Crippen LogP contribution in [0.25, 0.3) is 16.8 Å². The Balaban J connectivity index is 1.43. The van der Waals surface area contributed by atoms with Crippen LogP contribution in [0.5, 0.6) is 11.5 Å². The quantitative estimate of drug-likeness (QED) is 0.136. The Hall–Kier alpha value is -4.84. The Morgan fingerprint density at radius 3 is 2.48 bits per heavy atom. The molecule has 3 amide bonds. The summed E-state index contributed by atoms with van der Waals surface area (Å²) in [6, 6.07) is 25.5.